The number of amides is 1. The van der Waals surface area contributed by atoms with Crippen molar-refractivity contribution in [1.82, 2.24) is 5.32 Å². The van der Waals surface area contributed by atoms with Crippen LogP contribution in [0.2, 0.25) is 0 Å². The molecule has 0 aliphatic rings. The Morgan fingerprint density at radius 2 is 1.94 bits per heavy atom. The second-order valence-corrected chi connectivity index (χ2v) is 3.99. The highest BCUT2D eigenvalue weighted by Crippen LogP contribution is 2.02. The van der Waals surface area contributed by atoms with E-state index in [1.165, 1.54) is 0 Å². The lowest BCUT2D eigenvalue weighted by atomic mass is 10.0. The van der Waals surface area contributed by atoms with Crippen molar-refractivity contribution in [3.63, 3.8) is 0 Å². The van der Waals surface area contributed by atoms with Crippen LogP contribution in [0.1, 0.15) is 33.6 Å². The van der Waals surface area contributed by atoms with Crippen molar-refractivity contribution < 1.29 is 19.4 Å². The summed E-state index contributed by atoms with van der Waals surface area (Å²) in [4.78, 5) is 22.2. The zero-order valence-electron chi connectivity index (χ0n) is 10.2. The van der Waals surface area contributed by atoms with Gasteiger partial charge in [0.05, 0.1) is 6.61 Å². The number of hydrogen-bond donors (Lipinski definition) is 2. The Balaban J connectivity index is 3.87. The number of carboxylic acid groups (broad SMARTS) is 1. The van der Waals surface area contributed by atoms with E-state index in [0.29, 0.717) is 13.2 Å². The highest BCUT2D eigenvalue weighted by molar-refractivity contribution is 5.83. The number of hydrogen-bond acceptors (Lipinski definition) is 3. The molecule has 0 heterocycles. The van der Waals surface area contributed by atoms with E-state index in [1.807, 2.05) is 6.92 Å². The van der Waals surface area contributed by atoms with Crippen LogP contribution in [0.5, 0.6) is 0 Å². The normalized spacial score (nSPS) is 12.5. The first-order valence-electron chi connectivity index (χ1n) is 5.59. The van der Waals surface area contributed by atoms with Crippen LogP contribution in [0.25, 0.3) is 0 Å². The van der Waals surface area contributed by atoms with Gasteiger partial charge in [-0.1, -0.05) is 20.8 Å². The van der Waals surface area contributed by atoms with Gasteiger partial charge in [-0.15, -0.1) is 0 Å². The average Bonchev–Trinajstić information content (AvgIpc) is 2.20. The van der Waals surface area contributed by atoms with Crippen molar-refractivity contribution in [3.05, 3.63) is 0 Å². The van der Waals surface area contributed by atoms with Crippen LogP contribution in [0.3, 0.4) is 0 Å². The molecule has 0 aromatic heterocycles. The van der Waals surface area contributed by atoms with Crippen LogP contribution in [-0.2, 0) is 14.3 Å². The fraction of sp³-hybridized carbons (Fsp3) is 0.818. The third-order valence-electron chi connectivity index (χ3n) is 2.07. The molecule has 0 saturated carbocycles. The molecule has 94 valence electrons. The van der Waals surface area contributed by atoms with Crippen LogP contribution in [0.4, 0.5) is 0 Å². The predicted molar refractivity (Wildman–Crippen MR) is 60.1 cm³/mol. The highest BCUT2D eigenvalue weighted by atomic mass is 16.5. The van der Waals surface area contributed by atoms with Crippen molar-refractivity contribution in [2.24, 2.45) is 5.92 Å². The van der Waals surface area contributed by atoms with Crippen molar-refractivity contribution in [1.29, 1.82) is 0 Å². The van der Waals surface area contributed by atoms with E-state index in [0.717, 1.165) is 6.42 Å². The summed E-state index contributed by atoms with van der Waals surface area (Å²) < 4.78 is 5.15. The number of carbonyl (C=O) groups excluding carboxylic acids is 1. The van der Waals surface area contributed by atoms with Gasteiger partial charge in [-0.25, -0.2) is 4.79 Å². The molecule has 16 heavy (non-hydrogen) atoms. The minimum atomic E-state index is -1.00. The van der Waals surface area contributed by atoms with E-state index in [1.54, 1.807) is 13.8 Å². The van der Waals surface area contributed by atoms with Gasteiger partial charge in [-0.2, -0.15) is 0 Å². The van der Waals surface area contributed by atoms with Crippen molar-refractivity contribution in [2.75, 3.05) is 13.2 Å². The lowest BCUT2D eigenvalue weighted by molar-refractivity contribution is -0.143. The molecule has 1 amide bonds. The van der Waals surface area contributed by atoms with E-state index in [4.69, 9.17) is 9.84 Å². The summed E-state index contributed by atoms with van der Waals surface area (Å²) in [5.74, 6) is -1.41. The molecule has 0 spiro atoms. The number of aliphatic carboxylic acids is 1. The Bertz CT molecular complexity index is 228. The zero-order valence-corrected chi connectivity index (χ0v) is 10.2. The predicted octanol–water partition coefficient (Wildman–Crippen LogP) is 1.03. The Morgan fingerprint density at radius 3 is 2.38 bits per heavy atom. The zero-order chi connectivity index (χ0) is 12.6. The first kappa shape index (κ1) is 14.9. The van der Waals surface area contributed by atoms with Gasteiger partial charge >= 0.3 is 5.97 Å². The van der Waals surface area contributed by atoms with Crippen LogP contribution >= 0.6 is 0 Å². The molecule has 0 unspecified atom stereocenters. The lowest BCUT2D eigenvalue weighted by Crippen LogP contribution is -2.44. The molecular formula is C11H21NO4. The van der Waals surface area contributed by atoms with Gasteiger partial charge in [-0.05, 0) is 12.3 Å². The Kier molecular flexibility index (Phi) is 7.54. The quantitative estimate of drug-likeness (QED) is 0.612. The molecule has 0 bridgehead atoms. The number of carbonyl (C=O) groups is 2. The van der Waals surface area contributed by atoms with Crippen molar-refractivity contribution >= 4 is 11.9 Å². The number of rotatable bonds is 8. The van der Waals surface area contributed by atoms with Crippen LogP contribution in [-0.4, -0.2) is 36.2 Å². The van der Waals surface area contributed by atoms with Gasteiger partial charge in [-0.3, -0.25) is 4.79 Å². The highest BCUT2D eigenvalue weighted by Gasteiger charge is 2.22. The summed E-state index contributed by atoms with van der Waals surface area (Å²) in [6.45, 7) is 6.46. The summed E-state index contributed by atoms with van der Waals surface area (Å²) in [5.41, 5.74) is 0. The monoisotopic (exact) mass is 231 g/mol. The van der Waals surface area contributed by atoms with E-state index in [2.05, 4.69) is 5.32 Å². The smallest absolute Gasteiger partial charge is 0.326 e. The van der Waals surface area contributed by atoms with E-state index < -0.39 is 12.0 Å². The first-order valence-corrected chi connectivity index (χ1v) is 5.59. The SMILES string of the molecule is CCCOCCC(=O)N[C@H](C(=O)O)C(C)C. The third-order valence-corrected chi connectivity index (χ3v) is 2.07. The maximum Gasteiger partial charge on any atom is 0.326 e. The van der Waals surface area contributed by atoms with Crippen LogP contribution in [0, 0.1) is 5.92 Å². The topological polar surface area (TPSA) is 75.6 Å². The number of carboxylic acids is 1. The Labute approximate surface area is 96.2 Å². The summed E-state index contributed by atoms with van der Waals surface area (Å²) in [5, 5.41) is 11.3. The van der Waals surface area contributed by atoms with Gasteiger partial charge in [0.2, 0.25) is 5.91 Å². The maximum atomic E-state index is 11.4. The van der Waals surface area contributed by atoms with E-state index >= 15 is 0 Å². The second kappa shape index (κ2) is 8.10. The summed E-state index contributed by atoms with van der Waals surface area (Å²) >= 11 is 0. The molecule has 0 aromatic carbocycles. The molecule has 0 radical (unpaired) electrons. The van der Waals surface area contributed by atoms with Crippen LogP contribution < -0.4 is 5.32 Å². The molecule has 1 atom stereocenters. The average molecular weight is 231 g/mol. The molecule has 0 rings (SSSR count). The maximum absolute atomic E-state index is 11.4. The third kappa shape index (κ3) is 6.40. The molecule has 2 N–H and O–H groups in total. The minimum absolute atomic E-state index is 0.127. The fourth-order valence-corrected chi connectivity index (χ4v) is 1.17. The van der Waals surface area contributed by atoms with Gasteiger partial charge in [0.25, 0.3) is 0 Å². The molecule has 0 aromatic rings. The largest absolute Gasteiger partial charge is 0.480 e. The van der Waals surface area contributed by atoms with E-state index in [9.17, 15) is 9.59 Å². The Hall–Kier alpha value is -1.10. The van der Waals surface area contributed by atoms with E-state index in [-0.39, 0.29) is 18.2 Å². The molecule has 0 aliphatic carbocycles. The molecular weight excluding hydrogens is 210 g/mol. The fourth-order valence-electron chi connectivity index (χ4n) is 1.17. The molecule has 5 nitrogen and oxygen atoms in total. The molecule has 0 saturated heterocycles. The Morgan fingerprint density at radius 1 is 1.31 bits per heavy atom. The molecule has 0 aliphatic heterocycles. The van der Waals surface area contributed by atoms with Gasteiger partial charge < -0.3 is 15.2 Å². The van der Waals surface area contributed by atoms with Gasteiger partial charge in [0.1, 0.15) is 6.04 Å². The number of nitrogens with one attached hydrogen (secondary N) is 1. The summed E-state index contributed by atoms with van der Waals surface area (Å²) in [6.07, 6.45) is 1.11. The second-order valence-electron chi connectivity index (χ2n) is 3.99. The van der Waals surface area contributed by atoms with Gasteiger partial charge in [0.15, 0.2) is 0 Å². The van der Waals surface area contributed by atoms with Crippen molar-refractivity contribution in [2.45, 2.75) is 39.7 Å². The minimum Gasteiger partial charge on any atom is -0.480 e. The van der Waals surface area contributed by atoms with Crippen LogP contribution in [0.15, 0.2) is 0 Å². The molecule has 5 heteroatoms. The molecule has 0 fully saturated rings. The van der Waals surface area contributed by atoms with Gasteiger partial charge in [0, 0.05) is 13.0 Å². The summed E-state index contributed by atoms with van der Waals surface area (Å²) in [6, 6.07) is -0.821. The van der Waals surface area contributed by atoms with Crippen molar-refractivity contribution in [3.8, 4) is 0 Å². The lowest BCUT2D eigenvalue weighted by Gasteiger charge is -2.17. The standard InChI is InChI=1S/C11H21NO4/c1-4-6-16-7-5-9(13)12-10(8(2)3)11(14)15/h8,10H,4-7H2,1-3H3,(H,12,13)(H,14,15)/t10-/m0/s1. The summed E-state index contributed by atoms with van der Waals surface area (Å²) in [7, 11) is 0. The first-order chi connectivity index (χ1) is 7.49. The number of ether oxygens (including phenoxy) is 1.